The Labute approximate surface area is 71.2 Å². The first-order chi connectivity index (χ1) is 5.64. The third-order valence-electron chi connectivity index (χ3n) is 1.05. The van der Waals surface area contributed by atoms with Gasteiger partial charge in [0.05, 0.1) is 7.11 Å². The van der Waals surface area contributed by atoms with Crippen molar-refractivity contribution in [3.8, 4) is 0 Å². The number of ether oxygens (including phenoxy) is 1. The summed E-state index contributed by atoms with van der Waals surface area (Å²) in [5.41, 5.74) is 0. The SMILES string of the molecule is COC(=O)C(F)C(F)(F)S(=O)(=O)O. The van der Waals surface area contributed by atoms with E-state index in [-0.39, 0.29) is 0 Å². The number of rotatable bonds is 3. The molecule has 0 aromatic rings. The highest BCUT2D eigenvalue weighted by Crippen LogP contribution is 2.27. The lowest BCUT2D eigenvalue weighted by atomic mass is 10.4. The molecule has 0 bridgehead atoms. The number of hydrogen-bond acceptors (Lipinski definition) is 4. The van der Waals surface area contributed by atoms with Crippen LogP contribution in [0.1, 0.15) is 0 Å². The Morgan fingerprint density at radius 3 is 2.15 bits per heavy atom. The fraction of sp³-hybridized carbons (Fsp3) is 0.750. The predicted molar refractivity (Wildman–Crippen MR) is 33.4 cm³/mol. The van der Waals surface area contributed by atoms with Crippen molar-refractivity contribution in [2.75, 3.05) is 7.11 Å². The van der Waals surface area contributed by atoms with Crippen LogP contribution in [0.25, 0.3) is 0 Å². The molecule has 0 aromatic heterocycles. The first-order valence-electron chi connectivity index (χ1n) is 2.71. The number of carbonyl (C=O) groups is 1. The van der Waals surface area contributed by atoms with E-state index in [4.69, 9.17) is 4.55 Å². The fourth-order valence-corrected chi connectivity index (χ4v) is 0.729. The molecule has 0 radical (unpaired) electrons. The van der Waals surface area contributed by atoms with Gasteiger partial charge < -0.3 is 4.74 Å². The third-order valence-corrected chi connectivity index (χ3v) is 1.94. The van der Waals surface area contributed by atoms with Gasteiger partial charge in [0.25, 0.3) is 6.17 Å². The smallest absolute Gasteiger partial charge is 0.410 e. The van der Waals surface area contributed by atoms with Gasteiger partial charge in [-0.3, -0.25) is 4.55 Å². The maximum atomic E-state index is 12.3. The Morgan fingerprint density at radius 2 is 1.92 bits per heavy atom. The summed E-state index contributed by atoms with van der Waals surface area (Å²) < 4.78 is 67.9. The molecule has 13 heavy (non-hydrogen) atoms. The van der Waals surface area contributed by atoms with Crippen LogP contribution >= 0.6 is 0 Å². The molecular formula is C4H5F3O5S. The Kier molecular flexibility index (Phi) is 3.28. The molecule has 78 valence electrons. The quantitative estimate of drug-likeness (QED) is 0.536. The van der Waals surface area contributed by atoms with Crippen LogP contribution in [0.2, 0.25) is 0 Å². The first-order valence-corrected chi connectivity index (χ1v) is 4.15. The second-order valence-corrected chi connectivity index (χ2v) is 3.42. The van der Waals surface area contributed by atoms with Gasteiger partial charge in [-0.05, 0) is 0 Å². The average Bonchev–Trinajstić information content (AvgIpc) is 1.99. The molecule has 9 heteroatoms. The van der Waals surface area contributed by atoms with E-state index in [0.29, 0.717) is 7.11 Å². The standard InChI is InChI=1S/C4H5F3O5S/c1-12-3(8)2(5)4(6,7)13(9,10)11/h2H,1H3,(H,9,10,11). The van der Waals surface area contributed by atoms with E-state index < -0.39 is 27.5 Å². The Balaban J connectivity index is 4.96. The Morgan fingerprint density at radius 1 is 1.54 bits per heavy atom. The second-order valence-electron chi connectivity index (χ2n) is 1.92. The Bertz CT molecular complexity index is 297. The van der Waals surface area contributed by atoms with Crippen molar-refractivity contribution in [1.82, 2.24) is 0 Å². The number of alkyl halides is 3. The normalized spacial score (nSPS) is 15.2. The van der Waals surface area contributed by atoms with Crippen molar-refractivity contribution in [2.24, 2.45) is 0 Å². The van der Waals surface area contributed by atoms with Crippen LogP contribution in [-0.2, 0) is 19.6 Å². The number of hydrogen-bond donors (Lipinski definition) is 1. The Hall–Kier alpha value is -0.830. The molecule has 0 amide bonds. The van der Waals surface area contributed by atoms with E-state index in [9.17, 15) is 26.4 Å². The number of esters is 1. The maximum absolute atomic E-state index is 12.3. The summed E-state index contributed by atoms with van der Waals surface area (Å²) in [7, 11) is -5.37. The summed E-state index contributed by atoms with van der Waals surface area (Å²) in [5.74, 6) is -2.08. The summed E-state index contributed by atoms with van der Waals surface area (Å²) in [4.78, 5) is 10.2. The van der Waals surface area contributed by atoms with Crippen molar-refractivity contribution in [3.05, 3.63) is 0 Å². The zero-order chi connectivity index (χ0) is 10.9. The molecule has 1 N–H and O–H groups in total. The van der Waals surface area contributed by atoms with Gasteiger partial charge in [-0.2, -0.15) is 17.2 Å². The number of halogens is 3. The summed E-state index contributed by atoms with van der Waals surface area (Å²) >= 11 is 0. The van der Waals surface area contributed by atoms with Crippen LogP contribution in [0.4, 0.5) is 13.2 Å². The van der Waals surface area contributed by atoms with E-state index >= 15 is 0 Å². The molecule has 0 spiro atoms. The van der Waals surface area contributed by atoms with Crippen molar-refractivity contribution >= 4 is 16.1 Å². The predicted octanol–water partition coefficient (Wildman–Crippen LogP) is -0.0219. The molecule has 0 aliphatic heterocycles. The van der Waals surface area contributed by atoms with Crippen LogP contribution in [0.5, 0.6) is 0 Å². The minimum atomic E-state index is -5.97. The molecule has 0 aliphatic carbocycles. The minimum Gasteiger partial charge on any atom is -0.467 e. The van der Waals surface area contributed by atoms with Gasteiger partial charge >= 0.3 is 21.3 Å². The molecule has 1 unspecified atom stereocenters. The lowest BCUT2D eigenvalue weighted by Crippen LogP contribution is -2.43. The molecule has 0 saturated carbocycles. The molecule has 0 aliphatic rings. The largest absolute Gasteiger partial charge is 0.467 e. The maximum Gasteiger partial charge on any atom is 0.410 e. The van der Waals surface area contributed by atoms with Crippen LogP contribution < -0.4 is 0 Å². The van der Waals surface area contributed by atoms with Gasteiger partial charge in [0.1, 0.15) is 0 Å². The van der Waals surface area contributed by atoms with Crippen molar-refractivity contribution < 1.29 is 35.7 Å². The highest BCUT2D eigenvalue weighted by molar-refractivity contribution is 7.87. The minimum absolute atomic E-state index is 0.592. The van der Waals surface area contributed by atoms with E-state index in [1.165, 1.54) is 0 Å². The van der Waals surface area contributed by atoms with Crippen LogP contribution in [0.3, 0.4) is 0 Å². The number of carbonyl (C=O) groups excluding carboxylic acids is 1. The van der Waals surface area contributed by atoms with Crippen LogP contribution in [-0.4, -0.2) is 37.5 Å². The molecule has 1 atom stereocenters. The highest BCUT2D eigenvalue weighted by Gasteiger charge is 2.57. The monoisotopic (exact) mass is 222 g/mol. The van der Waals surface area contributed by atoms with Crippen molar-refractivity contribution in [1.29, 1.82) is 0 Å². The molecule has 0 aromatic carbocycles. The molecule has 0 fully saturated rings. The molecular weight excluding hydrogens is 217 g/mol. The van der Waals surface area contributed by atoms with Gasteiger partial charge in [-0.1, -0.05) is 0 Å². The second kappa shape index (κ2) is 3.50. The zero-order valence-corrected chi connectivity index (χ0v) is 7.02. The summed E-state index contributed by atoms with van der Waals surface area (Å²) in [5, 5.41) is -5.19. The van der Waals surface area contributed by atoms with Gasteiger partial charge in [0.15, 0.2) is 0 Å². The van der Waals surface area contributed by atoms with Crippen LogP contribution in [0, 0.1) is 0 Å². The van der Waals surface area contributed by atoms with Gasteiger partial charge in [-0.25, -0.2) is 9.18 Å². The highest BCUT2D eigenvalue weighted by atomic mass is 32.2. The summed E-state index contributed by atoms with van der Waals surface area (Å²) in [6.07, 6.45) is -3.74. The van der Waals surface area contributed by atoms with E-state index in [2.05, 4.69) is 4.74 Å². The van der Waals surface area contributed by atoms with Gasteiger partial charge in [0.2, 0.25) is 0 Å². The van der Waals surface area contributed by atoms with Crippen molar-refractivity contribution in [3.63, 3.8) is 0 Å². The molecule has 5 nitrogen and oxygen atoms in total. The topological polar surface area (TPSA) is 80.7 Å². The zero-order valence-electron chi connectivity index (χ0n) is 6.20. The van der Waals surface area contributed by atoms with E-state index in [1.807, 2.05) is 0 Å². The van der Waals surface area contributed by atoms with Crippen LogP contribution in [0.15, 0.2) is 0 Å². The third kappa shape index (κ3) is 2.31. The first kappa shape index (κ1) is 12.2. The average molecular weight is 222 g/mol. The van der Waals surface area contributed by atoms with E-state index in [1.54, 1.807) is 0 Å². The van der Waals surface area contributed by atoms with Crippen molar-refractivity contribution in [2.45, 2.75) is 11.4 Å². The van der Waals surface area contributed by atoms with Gasteiger partial charge in [0, 0.05) is 0 Å². The lowest BCUT2D eigenvalue weighted by Gasteiger charge is -2.14. The fourth-order valence-electron chi connectivity index (χ4n) is 0.371. The summed E-state index contributed by atoms with van der Waals surface area (Å²) in [6.45, 7) is 0. The molecule has 0 heterocycles. The van der Waals surface area contributed by atoms with E-state index in [0.717, 1.165) is 0 Å². The molecule has 0 rings (SSSR count). The summed E-state index contributed by atoms with van der Waals surface area (Å²) in [6, 6.07) is 0. The number of methoxy groups -OCH3 is 1. The molecule has 0 saturated heterocycles. The van der Waals surface area contributed by atoms with Gasteiger partial charge in [-0.15, -0.1) is 0 Å². The lowest BCUT2D eigenvalue weighted by molar-refractivity contribution is -0.155.